The Hall–Kier alpha value is -3.21. The van der Waals surface area contributed by atoms with E-state index >= 15 is 0 Å². The quantitative estimate of drug-likeness (QED) is 0.770. The van der Waals surface area contributed by atoms with E-state index in [1.54, 1.807) is 36.4 Å². The molecule has 1 aliphatic carbocycles. The molecule has 2 aromatic carbocycles. The van der Waals surface area contributed by atoms with Gasteiger partial charge in [-0.2, -0.15) is 0 Å². The number of rotatable bonds is 3. The van der Waals surface area contributed by atoms with Gasteiger partial charge in [0.2, 0.25) is 0 Å². The van der Waals surface area contributed by atoms with Crippen molar-refractivity contribution in [2.24, 2.45) is 5.73 Å². The molecule has 0 atom stereocenters. The minimum absolute atomic E-state index is 0.201. The van der Waals surface area contributed by atoms with Crippen LogP contribution in [0.4, 0.5) is 0 Å². The first kappa shape index (κ1) is 14.7. The maximum Gasteiger partial charge on any atom is 0.251 e. The van der Waals surface area contributed by atoms with Crippen molar-refractivity contribution in [1.82, 2.24) is 5.32 Å². The molecule has 0 heterocycles. The summed E-state index contributed by atoms with van der Waals surface area (Å²) in [5.41, 5.74) is 6.89. The van der Waals surface area contributed by atoms with E-state index in [-0.39, 0.29) is 23.0 Å². The molecule has 0 aromatic heterocycles. The number of hydrogen-bond acceptors (Lipinski definition) is 4. The number of carbonyl (C=O) groups is 3. The van der Waals surface area contributed by atoms with Crippen molar-refractivity contribution < 1.29 is 14.4 Å². The number of carbonyl (C=O) groups excluding carboxylic acids is 3. The van der Waals surface area contributed by atoms with Gasteiger partial charge < -0.3 is 11.1 Å². The Labute approximate surface area is 132 Å². The lowest BCUT2D eigenvalue weighted by molar-refractivity contribution is 0.0955. The fourth-order valence-corrected chi connectivity index (χ4v) is 2.56. The lowest BCUT2D eigenvalue weighted by atomic mass is 9.83. The number of nitrogens with one attached hydrogen (secondary N) is 1. The number of hydrogen-bond donors (Lipinski definition) is 2. The van der Waals surface area contributed by atoms with Gasteiger partial charge in [-0.1, -0.05) is 24.3 Å². The molecule has 114 valence electrons. The molecule has 3 N–H and O–H groups in total. The van der Waals surface area contributed by atoms with Gasteiger partial charge in [0.15, 0.2) is 11.6 Å². The second-order valence-electron chi connectivity index (χ2n) is 5.10. The van der Waals surface area contributed by atoms with E-state index in [2.05, 4.69) is 5.32 Å². The predicted molar refractivity (Wildman–Crippen MR) is 85.4 cm³/mol. The highest BCUT2D eigenvalue weighted by atomic mass is 16.2. The molecule has 2 aromatic rings. The summed E-state index contributed by atoms with van der Waals surface area (Å²) in [6, 6.07) is 11.2. The molecule has 0 saturated carbocycles. The average molecular weight is 306 g/mol. The zero-order valence-electron chi connectivity index (χ0n) is 12.2. The minimum Gasteiger partial charge on any atom is -0.405 e. The van der Waals surface area contributed by atoms with Crippen LogP contribution in [0.5, 0.6) is 0 Å². The van der Waals surface area contributed by atoms with Crippen LogP contribution >= 0.6 is 0 Å². The third kappa shape index (κ3) is 2.53. The topological polar surface area (TPSA) is 89.3 Å². The van der Waals surface area contributed by atoms with Gasteiger partial charge in [0.25, 0.3) is 5.91 Å². The van der Waals surface area contributed by atoms with Gasteiger partial charge in [0, 0.05) is 34.4 Å². The molecular weight excluding hydrogens is 292 g/mol. The Balaban J connectivity index is 1.99. The zero-order valence-corrected chi connectivity index (χ0v) is 12.2. The summed E-state index contributed by atoms with van der Waals surface area (Å²) in [5, 5.41) is 2.65. The van der Waals surface area contributed by atoms with Crippen LogP contribution in [0, 0.1) is 0 Å². The van der Waals surface area contributed by atoms with Gasteiger partial charge >= 0.3 is 0 Å². The lowest BCUT2D eigenvalue weighted by Gasteiger charge is -2.17. The number of nitrogens with two attached hydrogens (primary N) is 1. The average Bonchev–Trinajstić information content (AvgIpc) is 2.59. The molecule has 23 heavy (non-hydrogen) atoms. The molecular formula is C18H14N2O3. The Morgan fingerprint density at radius 3 is 2.22 bits per heavy atom. The molecule has 0 saturated heterocycles. The van der Waals surface area contributed by atoms with Crippen molar-refractivity contribution in [1.29, 1.82) is 0 Å². The second-order valence-corrected chi connectivity index (χ2v) is 5.10. The zero-order chi connectivity index (χ0) is 16.4. The number of amides is 1. The van der Waals surface area contributed by atoms with Gasteiger partial charge in [-0.05, 0) is 30.5 Å². The molecule has 1 amide bonds. The molecule has 0 unspecified atom stereocenters. The maximum absolute atomic E-state index is 12.6. The van der Waals surface area contributed by atoms with E-state index in [1.165, 1.54) is 18.3 Å². The van der Waals surface area contributed by atoms with E-state index in [9.17, 15) is 14.4 Å². The fourth-order valence-electron chi connectivity index (χ4n) is 2.56. The van der Waals surface area contributed by atoms with Gasteiger partial charge in [0.05, 0.1) is 0 Å². The molecule has 0 aliphatic heterocycles. The Kier molecular flexibility index (Phi) is 3.76. The van der Waals surface area contributed by atoms with E-state index in [0.717, 1.165) is 0 Å². The molecule has 5 nitrogen and oxygen atoms in total. The standard InChI is InChI=1S/C18H14N2O3/c19-8-3-9-20-18(23)11-6-7-14-15(10-11)17(22)13-5-2-1-4-12(13)16(14)21/h1-8,10H,9,19H2,(H,20,23). The summed E-state index contributed by atoms with van der Waals surface area (Å²) in [7, 11) is 0. The van der Waals surface area contributed by atoms with Crippen LogP contribution in [0.15, 0.2) is 54.7 Å². The van der Waals surface area contributed by atoms with Crippen LogP contribution in [0.25, 0.3) is 0 Å². The summed E-state index contributed by atoms with van der Waals surface area (Å²) < 4.78 is 0. The molecule has 0 bridgehead atoms. The minimum atomic E-state index is -0.329. The third-order valence-corrected chi connectivity index (χ3v) is 3.70. The van der Waals surface area contributed by atoms with Gasteiger partial charge in [0.1, 0.15) is 0 Å². The van der Waals surface area contributed by atoms with E-state index in [1.807, 2.05) is 0 Å². The Bertz CT molecular complexity index is 853. The monoisotopic (exact) mass is 306 g/mol. The smallest absolute Gasteiger partial charge is 0.251 e. The lowest BCUT2D eigenvalue weighted by Crippen LogP contribution is -2.25. The summed E-state index contributed by atoms with van der Waals surface area (Å²) >= 11 is 0. The highest BCUT2D eigenvalue weighted by molar-refractivity contribution is 6.28. The van der Waals surface area contributed by atoms with Crippen molar-refractivity contribution in [3.05, 3.63) is 82.6 Å². The van der Waals surface area contributed by atoms with E-state index in [0.29, 0.717) is 28.8 Å². The molecule has 3 rings (SSSR count). The van der Waals surface area contributed by atoms with Crippen LogP contribution in [0.2, 0.25) is 0 Å². The molecule has 0 fully saturated rings. The van der Waals surface area contributed by atoms with Crippen molar-refractivity contribution in [2.75, 3.05) is 6.54 Å². The van der Waals surface area contributed by atoms with Crippen LogP contribution < -0.4 is 11.1 Å². The van der Waals surface area contributed by atoms with Gasteiger partial charge in [-0.15, -0.1) is 0 Å². The second kappa shape index (κ2) is 5.88. The van der Waals surface area contributed by atoms with Crippen molar-refractivity contribution in [3.63, 3.8) is 0 Å². The molecule has 5 heteroatoms. The van der Waals surface area contributed by atoms with Crippen molar-refractivity contribution in [3.8, 4) is 0 Å². The summed E-state index contributed by atoms with van der Waals surface area (Å²) in [4.78, 5) is 37.1. The molecule has 1 aliphatic rings. The summed E-state index contributed by atoms with van der Waals surface area (Å²) in [5.74, 6) is -0.773. The number of fused-ring (bicyclic) bond motifs is 2. The van der Waals surface area contributed by atoms with Crippen molar-refractivity contribution >= 4 is 17.5 Å². The summed E-state index contributed by atoms with van der Waals surface area (Å²) in [6.45, 7) is 0.294. The number of benzene rings is 2. The number of ketones is 2. The van der Waals surface area contributed by atoms with Gasteiger partial charge in [-0.3, -0.25) is 14.4 Å². The first-order chi connectivity index (χ1) is 11.1. The Morgan fingerprint density at radius 2 is 1.57 bits per heavy atom. The van der Waals surface area contributed by atoms with Crippen LogP contribution in [0.3, 0.4) is 0 Å². The highest BCUT2D eigenvalue weighted by Gasteiger charge is 2.29. The molecule has 0 radical (unpaired) electrons. The van der Waals surface area contributed by atoms with Crippen molar-refractivity contribution in [2.45, 2.75) is 0 Å². The molecule has 0 spiro atoms. The van der Waals surface area contributed by atoms with E-state index < -0.39 is 0 Å². The van der Waals surface area contributed by atoms with E-state index in [4.69, 9.17) is 5.73 Å². The largest absolute Gasteiger partial charge is 0.405 e. The SMILES string of the molecule is NC=CCNC(=O)c1ccc2c(c1)C(=O)c1ccccc1C2=O. The van der Waals surface area contributed by atoms with Crippen LogP contribution in [0.1, 0.15) is 42.2 Å². The first-order valence-electron chi connectivity index (χ1n) is 7.11. The first-order valence-corrected chi connectivity index (χ1v) is 7.11. The van der Waals surface area contributed by atoms with Gasteiger partial charge in [-0.25, -0.2) is 0 Å². The predicted octanol–water partition coefficient (Wildman–Crippen LogP) is 1.66. The maximum atomic E-state index is 12.6. The highest BCUT2D eigenvalue weighted by Crippen LogP contribution is 2.27. The summed E-state index contributed by atoms with van der Waals surface area (Å²) in [6.07, 6.45) is 2.94. The fraction of sp³-hybridized carbons (Fsp3) is 0.0556. The third-order valence-electron chi connectivity index (χ3n) is 3.70. The van der Waals surface area contributed by atoms with Crippen LogP contribution in [-0.2, 0) is 0 Å². The Morgan fingerprint density at radius 1 is 0.957 bits per heavy atom. The normalized spacial score (nSPS) is 12.9. The van der Waals surface area contributed by atoms with Crippen LogP contribution in [-0.4, -0.2) is 24.0 Å².